The van der Waals surface area contributed by atoms with Crippen LogP contribution in [0.15, 0.2) is 28.8 Å². The number of amides is 1. The number of methoxy groups -OCH3 is 2. The smallest absolute Gasteiger partial charge is 0.226 e. The molecule has 0 saturated heterocycles. The number of aromatic nitrogens is 2. The summed E-state index contributed by atoms with van der Waals surface area (Å²) in [4.78, 5) is 16.0. The molecular weight excluding hydrogens is 310 g/mol. The van der Waals surface area contributed by atoms with Crippen molar-refractivity contribution in [1.29, 1.82) is 0 Å². The van der Waals surface area contributed by atoms with Gasteiger partial charge < -0.3 is 19.3 Å². The molecule has 0 atom stereocenters. The van der Waals surface area contributed by atoms with E-state index >= 15 is 0 Å². The monoisotopic (exact) mass is 333 g/mol. The highest BCUT2D eigenvalue weighted by atomic mass is 16.5. The van der Waals surface area contributed by atoms with E-state index in [4.69, 9.17) is 14.0 Å². The Hall–Kier alpha value is -2.41. The topological polar surface area (TPSA) is 86.5 Å². The van der Waals surface area contributed by atoms with Crippen LogP contribution in [0.25, 0.3) is 11.4 Å². The van der Waals surface area contributed by atoms with Crippen LogP contribution >= 0.6 is 0 Å². The van der Waals surface area contributed by atoms with Crippen molar-refractivity contribution >= 4 is 5.91 Å². The first-order valence-electron chi connectivity index (χ1n) is 7.95. The third kappa shape index (κ3) is 5.66. The van der Waals surface area contributed by atoms with E-state index in [0.29, 0.717) is 44.1 Å². The maximum atomic E-state index is 11.7. The van der Waals surface area contributed by atoms with Crippen molar-refractivity contribution in [1.82, 2.24) is 15.5 Å². The maximum Gasteiger partial charge on any atom is 0.226 e. The fourth-order valence-corrected chi connectivity index (χ4v) is 2.15. The van der Waals surface area contributed by atoms with Crippen molar-refractivity contribution in [3.63, 3.8) is 0 Å². The zero-order valence-corrected chi connectivity index (χ0v) is 14.1. The van der Waals surface area contributed by atoms with Crippen LogP contribution in [0.4, 0.5) is 0 Å². The molecule has 7 heteroatoms. The zero-order valence-electron chi connectivity index (χ0n) is 14.1. The Bertz CT molecular complexity index is 625. The number of hydrogen-bond acceptors (Lipinski definition) is 6. The number of nitrogens with one attached hydrogen (secondary N) is 1. The third-order valence-corrected chi connectivity index (χ3v) is 3.46. The third-order valence-electron chi connectivity index (χ3n) is 3.46. The van der Waals surface area contributed by atoms with Crippen molar-refractivity contribution in [2.45, 2.75) is 25.7 Å². The number of nitrogens with zero attached hydrogens (tertiary/aromatic N) is 2. The lowest BCUT2D eigenvalue weighted by Gasteiger charge is -2.03. The van der Waals surface area contributed by atoms with Gasteiger partial charge in [0.1, 0.15) is 5.75 Å². The van der Waals surface area contributed by atoms with Crippen molar-refractivity contribution in [3.8, 4) is 17.1 Å². The summed E-state index contributed by atoms with van der Waals surface area (Å²) < 4.78 is 15.3. The molecular formula is C17H23N3O4. The van der Waals surface area contributed by atoms with Crippen molar-refractivity contribution in [2.75, 3.05) is 27.4 Å². The molecule has 1 aromatic carbocycles. The molecule has 0 spiro atoms. The molecule has 0 radical (unpaired) electrons. The molecule has 0 aliphatic heterocycles. The van der Waals surface area contributed by atoms with E-state index in [9.17, 15) is 4.79 Å². The summed E-state index contributed by atoms with van der Waals surface area (Å²) in [5.74, 6) is 1.88. The molecule has 1 aromatic heterocycles. The number of carbonyl (C=O) groups excluding carboxylic acids is 1. The quantitative estimate of drug-likeness (QED) is 0.671. The number of benzene rings is 1. The highest BCUT2D eigenvalue weighted by molar-refractivity contribution is 5.75. The van der Waals surface area contributed by atoms with Gasteiger partial charge in [0.2, 0.25) is 17.6 Å². The van der Waals surface area contributed by atoms with Crippen LogP contribution < -0.4 is 10.1 Å². The summed E-state index contributed by atoms with van der Waals surface area (Å²) in [5, 5.41) is 6.82. The average molecular weight is 333 g/mol. The molecule has 1 heterocycles. The van der Waals surface area contributed by atoms with Gasteiger partial charge in [0.25, 0.3) is 0 Å². The second kappa shape index (κ2) is 9.67. The molecule has 1 N–H and O–H groups in total. The van der Waals surface area contributed by atoms with Gasteiger partial charge in [0, 0.05) is 38.7 Å². The molecule has 0 aliphatic rings. The minimum atomic E-state index is 0.0287. The summed E-state index contributed by atoms with van der Waals surface area (Å²) in [7, 11) is 3.27. The standard InChI is InChI=1S/C17H23N3O4/c1-22-12-4-11-18-15(21)5-3-6-16-19-17(20-24-16)13-7-9-14(23-2)10-8-13/h7-10H,3-6,11-12H2,1-2H3,(H,18,21). The molecule has 0 bridgehead atoms. The summed E-state index contributed by atoms with van der Waals surface area (Å²) in [6, 6.07) is 7.44. The molecule has 7 nitrogen and oxygen atoms in total. The van der Waals surface area contributed by atoms with E-state index in [1.165, 1.54) is 0 Å². The van der Waals surface area contributed by atoms with Crippen LogP contribution in [0.2, 0.25) is 0 Å². The number of carbonyl (C=O) groups is 1. The van der Waals surface area contributed by atoms with Crippen LogP contribution in [-0.2, 0) is 16.0 Å². The van der Waals surface area contributed by atoms with E-state index in [2.05, 4.69) is 15.5 Å². The summed E-state index contributed by atoms with van der Waals surface area (Å²) in [5.41, 5.74) is 0.863. The summed E-state index contributed by atoms with van der Waals surface area (Å²) in [6.07, 6.45) is 2.50. The number of hydrogen-bond donors (Lipinski definition) is 1. The predicted molar refractivity (Wildman–Crippen MR) is 88.7 cm³/mol. The molecule has 0 fully saturated rings. The first-order chi connectivity index (χ1) is 11.7. The van der Waals surface area contributed by atoms with Crippen molar-refractivity contribution in [2.24, 2.45) is 0 Å². The molecule has 2 aromatic rings. The van der Waals surface area contributed by atoms with Crippen molar-refractivity contribution in [3.05, 3.63) is 30.2 Å². The van der Waals surface area contributed by atoms with Gasteiger partial charge >= 0.3 is 0 Å². The number of ether oxygens (including phenoxy) is 2. The Labute approximate surface area is 141 Å². The first-order valence-corrected chi connectivity index (χ1v) is 7.95. The average Bonchev–Trinajstić information content (AvgIpc) is 3.08. The fraction of sp³-hybridized carbons (Fsp3) is 0.471. The Morgan fingerprint density at radius 3 is 2.71 bits per heavy atom. The van der Waals surface area contributed by atoms with Crippen LogP contribution in [-0.4, -0.2) is 43.4 Å². The fourth-order valence-electron chi connectivity index (χ4n) is 2.15. The second-order valence-electron chi connectivity index (χ2n) is 5.29. The lowest BCUT2D eigenvalue weighted by molar-refractivity contribution is -0.121. The SMILES string of the molecule is COCCCNC(=O)CCCc1nc(-c2ccc(OC)cc2)no1. The van der Waals surface area contributed by atoms with Gasteiger partial charge in [-0.25, -0.2) is 0 Å². The van der Waals surface area contributed by atoms with Gasteiger partial charge in [-0.3, -0.25) is 4.79 Å². The molecule has 130 valence electrons. The van der Waals surface area contributed by atoms with E-state index < -0.39 is 0 Å². The van der Waals surface area contributed by atoms with Gasteiger partial charge in [-0.2, -0.15) is 4.98 Å². The van der Waals surface area contributed by atoms with Crippen LogP contribution in [0, 0.1) is 0 Å². The molecule has 0 saturated carbocycles. The van der Waals surface area contributed by atoms with Gasteiger partial charge in [-0.1, -0.05) is 5.16 Å². The highest BCUT2D eigenvalue weighted by Crippen LogP contribution is 2.20. The molecule has 0 unspecified atom stereocenters. The second-order valence-corrected chi connectivity index (χ2v) is 5.29. The minimum Gasteiger partial charge on any atom is -0.497 e. The maximum absolute atomic E-state index is 11.7. The van der Waals surface area contributed by atoms with Crippen LogP contribution in [0.3, 0.4) is 0 Å². The molecule has 1 amide bonds. The molecule has 0 aliphatic carbocycles. The highest BCUT2D eigenvalue weighted by Gasteiger charge is 2.09. The van der Waals surface area contributed by atoms with Crippen LogP contribution in [0.5, 0.6) is 5.75 Å². The van der Waals surface area contributed by atoms with Gasteiger partial charge in [-0.05, 0) is 37.1 Å². The van der Waals surface area contributed by atoms with E-state index in [1.807, 2.05) is 24.3 Å². The zero-order chi connectivity index (χ0) is 17.2. The number of rotatable bonds is 10. The van der Waals surface area contributed by atoms with E-state index in [-0.39, 0.29) is 5.91 Å². The van der Waals surface area contributed by atoms with Crippen molar-refractivity contribution < 1.29 is 18.8 Å². The van der Waals surface area contributed by atoms with E-state index in [0.717, 1.165) is 17.7 Å². The summed E-state index contributed by atoms with van der Waals surface area (Å²) in [6.45, 7) is 1.28. The number of aryl methyl sites for hydroxylation is 1. The first kappa shape index (κ1) is 17.9. The Balaban J connectivity index is 1.74. The molecule has 24 heavy (non-hydrogen) atoms. The van der Waals surface area contributed by atoms with Gasteiger partial charge in [0.15, 0.2) is 0 Å². The summed E-state index contributed by atoms with van der Waals surface area (Å²) >= 11 is 0. The van der Waals surface area contributed by atoms with Gasteiger partial charge in [-0.15, -0.1) is 0 Å². The largest absolute Gasteiger partial charge is 0.497 e. The predicted octanol–water partition coefficient (Wildman–Crippen LogP) is 2.22. The van der Waals surface area contributed by atoms with Gasteiger partial charge in [0.05, 0.1) is 7.11 Å². The Kier molecular flexibility index (Phi) is 7.22. The Morgan fingerprint density at radius 1 is 1.21 bits per heavy atom. The lowest BCUT2D eigenvalue weighted by Crippen LogP contribution is -2.24. The lowest BCUT2D eigenvalue weighted by atomic mass is 10.2. The normalized spacial score (nSPS) is 10.6. The van der Waals surface area contributed by atoms with E-state index in [1.54, 1.807) is 14.2 Å². The minimum absolute atomic E-state index is 0.0287. The molecule has 2 rings (SSSR count). The van der Waals surface area contributed by atoms with Crippen LogP contribution in [0.1, 0.15) is 25.2 Å². The Morgan fingerprint density at radius 2 is 2.00 bits per heavy atom.